The first kappa shape index (κ1) is 21.7. The van der Waals surface area contributed by atoms with Gasteiger partial charge in [-0.05, 0) is 67.7 Å². The maximum atomic E-state index is 12.3. The number of likely N-dealkylation sites (tertiary alicyclic amines) is 1. The van der Waals surface area contributed by atoms with Gasteiger partial charge in [0, 0.05) is 37.1 Å². The van der Waals surface area contributed by atoms with Crippen molar-refractivity contribution < 1.29 is 14.3 Å². The molecule has 0 radical (unpaired) electrons. The Balaban J connectivity index is 2.36. The Morgan fingerprint density at radius 2 is 1.84 bits per heavy atom. The minimum absolute atomic E-state index is 0.0587. The zero-order chi connectivity index (χ0) is 19.3. The monoisotopic (exact) mass is 355 g/mol. The van der Waals surface area contributed by atoms with Gasteiger partial charge in [-0.3, -0.25) is 4.79 Å². The maximum absolute atomic E-state index is 12.3. The van der Waals surface area contributed by atoms with Crippen molar-refractivity contribution in [2.75, 3.05) is 13.1 Å². The van der Waals surface area contributed by atoms with Gasteiger partial charge < -0.3 is 20.3 Å². The van der Waals surface area contributed by atoms with Crippen LogP contribution in [-0.2, 0) is 9.53 Å². The van der Waals surface area contributed by atoms with Crippen molar-refractivity contribution in [2.24, 2.45) is 0 Å². The second-order valence-electron chi connectivity index (χ2n) is 9.11. The van der Waals surface area contributed by atoms with Crippen molar-refractivity contribution in [3.8, 4) is 0 Å². The molecular weight excluding hydrogens is 318 g/mol. The van der Waals surface area contributed by atoms with Crippen LogP contribution >= 0.6 is 0 Å². The molecule has 1 rings (SSSR count). The normalized spacial score (nSPS) is 19.6. The van der Waals surface area contributed by atoms with Gasteiger partial charge in [-0.25, -0.2) is 4.79 Å². The number of rotatable bonds is 6. The molecule has 0 aliphatic carbocycles. The Morgan fingerprint density at radius 1 is 1.20 bits per heavy atom. The van der Waals surface area contributed by atoms with Gasteiger partial charge in [0.25, 0.3) is 0 Å². The van der Waals surface area contributed by atoms with E-state index in [1.54, 1.807) is 0 Å². The molecule has 0 saturated carbocycles. The second kappa shape index (κ2) is 8.88. The van der Waals surface area contributed by atoms with Crippen LogP contribution in [0.5, 0.6) is 0 Å². The molecule has 0 aromatic heterocycles. The third-order valence-corrected chi connectivity index (χ3v) is 3.99. The number of nitrogens with one attached hydrogen (secondary N) is 2. The summed E-state index contributed by atoms with van der Waals surface area (Å²) in [6, 6.07) is 0.455. The van der Waals surface area contributed by atoms with E-state index in [1.165, 1.54) is 0 Å². The molecule has 0 aromatic rings. The zero-order valence-electron chi connectivity index (χ0n) is 17.1. The van der Waals surface area contributed by atoms with E-state index in [9.17, 15) is 9.59 Å². The summed E-state index contributed by atoms with van der Waals surface area (Å²) in [4.78, 5) is 26.0. The molecule has 146 valence electrons. The van der Waals surface area contributed by atoms with Crippen LogP contribution in [0.4, 0.5) is 4.79 Å². The summed E-state index contributed by atoms with van der Waals surface area (Å²) in [5.41, 5.74) is -0.658. The van der Waals surface area contributed by atoms with Crippen molar-refractivity contribution >= 4 is 12.0 Å². The molecule has 6 nitrogen and oxygen atoms in total. The Labute approximate surface area is 153 Å². The van der Waals surface area contributed by atoms with Crippen LogP contribution < -0.4 is 10.6 Å². The first-order valence-electron chi connectivity index (χ1n) is 9.41. The number of carbonyl (C=O) groups excluding carboxylic acids is 2. The topological polar surface area (TPSA) is 70.7 Å². The van der Waals surface area contributed by atoms with E-state index in [1.807, 2.05) is 46.4 Å². The summed E-state index contributed by atoms with van der Waals surface area (Å²) in [6.07, 6.45) is 3.15. The summed E-state index contributed by atoms with van der Waals surface area (Å²) in [5, 5.41) is 6.36. The quantitative estimate of drug-likeness (QED) is 0.768. The molecule has 0 aromatic carbocycles. The molecule has 2 N–H and O–H groups in total. The lowest BCUT2D eigenvalue weighted by Gasteiger charge is -2.30. The standard InChI is InChI=1S/C19H37N3O3/c1-14(20-11-10-16(23)21-18(2,3)4)13-15-9-8-12-22(15)17(24)25-19(5,6)7/h14-15,20H,8-13H2,1-7H3,(H,21,23). The van der Waals surface area contributed by atoms with Crippen molar-refractivity contribution in [2.45, 2.75) is 97.4 Å². The molecule has 1 fully saturated rings. The summed E-state index contributed by atoms with van der Waals surface area (Å²) < 4.78 is 5.51. The Morgan fingerprint density at radius 3 is 2.40 bits per heavy atom. The fraction of sp³-hybridized carbons (Fsp3) is 0.895. The lowest BCUT2D eigenvalue weighted by Crippen LogP contribution is -2.44. The third-order valence-electron chi connectivity index (χ3n) is 3.99. The number of carbonyl (C=O) groups is 2. The fourth-order valence-corrected chi connectivity index (χ4v) is 3.05. The van der Waals surface area contributed by atoms with Gasteiger partial charge in [-0.15, -0.1) is 0 Å². The van der Waals surface area contributed by atoms with E-state index >= 15 is 0 Å². The van der Waals surface area contributed by atoms with Gasteiger partial charge >= 0.3 is 6.09 Å². The molecular formula is C19H37N3O3. The molecule has 1 aliphatic rings. The predicted molar refractivity (Wildman–Crippen MR) is 101 cm³/mol. The first-order chi connectivity index (χ1) is 11.4. The van der Waals surface area contributed by atoms with Crippen molar-refractivity contribution in [3.63, 3.8) is 0 Å². The minimum Gasteiger partial charge on any atom is -0.444 e. The Kier molecular flexibility index (Phi) is 7.72. The Bertz CT molecular complexity index is 452. The summed E-state index contributed by atoms with van der Waals surface area (Å²) in [6.45, 7) is 15.1. The molecule has 0 spiro atoms. The molecule has 2 amide bonds. The largest absolute Gasteiger partial charge is 0.444 e. The highest BCUT2D eigenvalue weighted by Gasteiger charge is 2.32. The Hall–Kier alpha value is -1.30. The van der Waals surface area contributed by atoms with Crippen molar-refractivity contribution in [3.05, 3.63) is 0 Å². The van der Waals surface area contributed by atoms with E-state index in [0.717, 1.165) is 25.8 Å². The van der Waals surface area contributed by atoms with Crippen molar-refractivity contribution in [1.82, 2.24) is 15.5 Å². The van der Waals surface area contributed by atoms with E-state index in [4.69, 9.17) is 4.74 Å². The van der Waals surface area contributed by atoms with Crippen LogP contribution in [-0.4, -0.2) is 53.2 Å². The van der Waals surface area contributed by atoms with Crippen molar-refractivity contribution in [1.29, 1.82) is 0 Å². The van der Waals surface area contributed by atoms with Gasteiger partial charge in [0.05, 0.1) is 0 Å². The summed E-state index contributed by atoms with van der Waals surface area (Å²) in [5.74, 6) is 0.0587. The molecule has 1 heterocycles. The van der Waals surface area contributed by atoms with E-state index in [2.05, 4.69) is 17.6 Å². The molecule has 25 heavy (non-hydrogen) atoms. The number of hydrogen-bond acceptors (Lipinski definition) is 4. The van der Waals surface area contributed by atoms with E-state index < -0.39 is 5.60 Å². The molecule has 1 aliphatic heterocycles. The van der Waals surface area contributed by atoms with Gasteiger partial charge in [0.1, 0.15) is 5.60 Å². The summed E-state index contributed by atoms with van der Waals surface area (Å²) >= 11 is 0. The van der Waals surface area contributed by atoms with Gasteiger partial charge in [0.15, 0.2) is 0 Å². The predicted octanol–water partition coefficient (Wildman–Crippen LogP) is 3.06. The van der Waals surface area contributed by atoms with E-state index in [0.29, 0.717) is 13.0 Å². The molecule has 2 atom stereocenters. The molecule has 6 heteroatoms. The van der Waals surface area contributed by atoms with Crippen LogP contribution in [0.1, 0.15) is 74.1 Å². The first-order valence-corrected chi connectivity index (χ1v) is 9.41. The maximum Gasteiger partial charge on any atom is 0.410 e. The number of hydrogen-bond donors (Lipinski definition) is 2. The van der Waals surface area contributed by atoms with Crippen LogP contribution in [0.3, 0.4) is 0 Å². The summed E-state index contributed by atoms with van der Waals surface area (Å²) in [7, 11) is 0. The lowest BCUT2D eigenvalue weighted by atomic mass is 10.1. The zero-order valence-corrected chi connectivity index (χ0v) is 17.1. The highest BCUT2D eigenvalue weighted by atomic mass is 16.6. The average molecular weight is 356 g/mol. The second-order valence-corrected chi connectivity index (χ2v) is 9.11. The SMILES string of the molecule is CC(CC1CCCN1C(=O)OC(C)(C)C)NCCC(=O)NC(C)(C)C. The fourth-order valence-electron chi connectivity index (χ4n) is 3.05. The third kappa shape index (κ3) is 9.10. The smallest absolute Gasteiger partial charge is 0.410 e. The van der Waals surface area contributed by atoms with Crippen LogP contribution in [0.15, 0.2) is 0 Å². The van der Waals surface area contributed by atoms with Crippen LogP contribution in [0.25, 0.3) is 0 Å². The molecule has 1 saturated heterocycles. The van der Waals surface area contributed by atoms with Gasteiger partial charge in [0.2, 0.25) is 5.91 Å². The number of amides is 2. The van der Waals surface area contributed by atoms with Crippen LogP contribution in [0, 0.1) is 0 Å². The van der Waals surface area contributed by atoms with Crippen LogP contribution in [0.2, 0.25) is 0 Å². The number of nitrogens with zero attached hydrogens (tertiary/aromatic N) is 1. The minimum atomic E-state index is -0.464. The highest BCUT2D eigenvalue weighted by molar-refractivity contribution is 5.76. The van der Waals surface area contributed by atoms with Gasteiger partial charge in [-0.2, -0.15) is 0 Å². The van der Waals surface area contributed by atoms with Gasteiger partial charge in [-0.1, -0.05) is 0 Å². The average Bonchev–Trinajstić information content (AvgIpc) is 2.82. The lowest BCUT2D eigenvalue weighted by molar-refractivity contribution is -0.122. The number of ether oxygens (including phenoxy) is 1. The molecule has 2 unspecified atom stereocenters. The van der Waals surface area contributed by atoms with E-state index in [-0.39, 0.29) is 29.6 Å². The molecule has 0 bridgehead atoms. The highest BCUT2D eigenvalue weighted by Crippen LogP contribution is 2.24.